The normalized spacial score (nSPS) is 21.0. The van der Waals surface area contributed by atoms with Crippen LogP contribution in [0.25, 0.3) is 0 Å². The van der Waals surface area contributed by atoms with E-state index in [1.165, 1.54) is 25.3 Å². The fraction of sp³-hybridized carbons (Fsp3) is 0.462. The smallest absolute Gasteiger partial charge is 0.337 e. The molecule has 0 aromatic heterocycles. The molecule has 0 aliphatic carbocycles. The molecule has 0 unspecified atom stereocenters. The van der Waals surface area contributed by atoms with Gasteiger partial charge in [-0.05, 0) is 12.1 Å². The van der Waals surface area contributed by atoms with Crippen LogP contribution in [0.2, 0.25) is 0 Å². The lowest BCUT2D eigenvalue weighted by Gasteiger charge is -2.19. The number of anilines is 1. The molecule has 1 aromatic rings. The summed E-state index contributed by atoms with van der Waals surface area (Å²) < 4.78 is 15.1. The number of hydrogen-bond acceptors (Lipinski definition) is 7. The molecule has 21 heavy (non-hydrogen) atoms. The third-order valence-corrected chi connectivity index (χ3v) is 3.29. The first-order valence-corrected chi connectivity index (χ1v) is 6.30. The number of carbonyl (C=O) groups is 1. The fourth-order valence-corrected chi connectivity index (χ4v) is 2.16. The van der Waals surface area contributed by atoms with E-state index in [0.717, 1.165) is 0 Å². The molecule has 1 heterocycles. The molecule has 0 saturated carbocycles. The van der Waals surface area contributed by atoms with E-state index in [-0.39, 0.29) is 29.1 Å². The average Bonchev–Trinajstić information content (AvgIpc) is 2.93. The van der Waals surface area contributed by atoms with Crippen LogP contribution in [0.4, 0.5) is 11.4 Å². The van der Waals surface area contributed by atoms with Gasteiger partial charge in [-0.15, -0.1) is 0 Å². The molecule has 1 N–H and O–H groups in total. The van der Waals surface area contributed by atoms with Crippen molar-refractivity contribution in [3.63, 3.8) is 0 Å². The van der Waals surface area contributed by atoms with Gasteiger partial charge < -0.3 is 19.5 Å². The highest BCUT2D eigenvalue weighted by atomic mass is 16.6. The standard InChI is InChI=1S/C13H16N2O6/c1-19-12-7-21-6-10(12)14-9-5-8(13(16)20-2)3-4-11(9)15(17)18/h3-5,10,12,14H,6-7H2,1-2H3/t10-,12+/m0/s1. The minimum Gasteiger partial charge on any atom is -0.465 e. The molecule has 8 nitrogen and oxygen atoms in total. The Labute approximate surface area is 121 Å². The predicted molar refractivity (Wildman–Crippen MR) is 73.5 cm³/mol. The molecule has 1 saturated heterocycles. The molecule has 114 valence electrons. The summed E-state index contributed by atoms with van der Waals surface area (Å²) in [5.41, 5.74) is 0.350. The van der Waals surface area contributed by atoms with Crippen molar-refractivity contribution in [2.24, 2.45) is 0 Å². The summed E-state index contributed by atoms with van der Waals surface area (Å²) in [4.78, 5) is 22.1. The SMILES string of the molecule is COC(=O)c1ccc([N+](=O)[O-])c(N[C@H]2COC[C@H]2OC)c1. The van der Waals surface area contributed by atoms with Crippen LogP contribution in [0.15, 0.2) is 18.2 Å². The van der Waals surface area contributed by atoms with Crippen LogP contribution in [0.1, 0.15) is 10.4 Å². The van der Waals surface area contributed by atoms with Gasteiger partial charge in [0.1, 0.15) is 11.8 Å². The van der Waals surface area contributed by atoms with E-state index in [1.54, 1.807) is 7.11 Å². The molecule has 1 aliphatic heterocycles. The lowest BCUT2D eigenvalue weighted by atomic mass is 10.1. The number of nitro groups is 1. The molecule has 2 atom stereocenters. The molecule has 0 bridgehead atoms. The van der Waals surface area contributed by atoms with Crippen LogP contribution in [0.3, 0.4) is 0 Å². The number of methoxy groups -OCH3 is 2. The minimum atomic E-state index is -0.557. The monoisotopic (exact) mass is 296 g/mol. The average molecular weight is 296 g/mol. The van der Waals surface area contributed by atoms with Gasteiger partial charge in [-0.2, -0.15) is 0 Å². The Kier molecular flexibility index (Phi) is 4.71. The molecule has 1 fully saturated rings. The van der Waals surface area contributed by atoms with Gasteiger partial charge in [0.25, 0.3) is 5.69 Å². The molecular weight excluding hydrogens is 280 g/mol. The molecule has 1 aliphatic rings. The maximum absolute atomic E-state index is 11.5. The summed E-state index contributed by atoms with van der Waals surface area (Å²) in [6, 6.07) is 3.80. The Morgan fingerprint density at radius 3 is 2.81 bits per heavy atom. The minimum absolute atomic E-state index is 0.121. The highest BCUT2D eigenvalue weighted by molar-refractivity contribution is 5.91. The van der Waals surface area contributed by atoms with E-state index < -0.39 is 10.9 Å². The number of benzene rings is 1. The Hall–Kier alpha value is -2.19. The first-order chi connectivity index (χ1) is 10.1. The molecule has 0 spiro atoms. The summed E-state index contributed by atoms with van der Waals surface area (Å²) in [6.07, 6.45) is -0.202. The zero-order valence-corrected chi connectivity index (χ0v) is 11.7. The number of esters is 1. The first-order valence-electron chi connectivity index (χ1n) is 6.30. The largest absolute Gasteiger partial charge is 0.465 e. The van der Waals surface area contributed by atoms with E-state index in [4.69, 9.17) is 9.47 Å². The summed E-state index contributed by atoms with van der Waals surface area (Å²) in [7, 11) is 2.80. The van der Waals surface area contributed by atoms with Crippen molar-refractivity contribution in [1.82, 2.24) is 0 Å². The van der Waals surface area contributed by atoms with Crippen LogP contribution in [-0.4, -0.2) is 50.5 Å². The number of rotatable bonds is 5. The van der Waals surface area contributed by atoms with Crippen molar-refractivity contribution >= 4 is 17.3 Å². The second-order valence-electron chi connectivity index (χ2n) is 4.54. The van der Waals surface area contributed by atoms with Crippen LogP contribution in [0, 0.1) is 10.1 Å². The summed E-state index contributed by atoms with van der Waals surface area (Å²) in [5.74, 6) is -0.557. The van der Waals surface area contributed by atoms with Gasteiger partial charge in [-0.1, -0.05) is 0 Å². The van der Waals surface area contributed by atoms with Crippen molar-refractivity contribution < 1.29 is 23.9 Å². The molecule has 0 amide bonds. The zero-order chi connectivity index (χ0) is 15.4. The van der Waals surface area contributed by atoms with Crippen molar-refractivity contribution in [2.75, 3.05) is 32.8 Å². The van der Waals surface area contributed by atoms with Gasteiger partial charge in [-0.25, -0.2) is 4.79 Å². The quantitative estimate of drug-likeness (QED) is 0.495. The van der Waals surface area contributed by atoms with Crippen LogP contribution >= 0.6 is 0 Å². The van der Waals surface area contributed by atoms with Crippen molar-refractivity contribution in [3.8, 4) is 0 Å². The number of hydrogen-bond donors (Lipinski definition) is 1. The van der Waals surface area contributed by atoms with E-state index in [1.807, 2.05) is 0 Å². The van der Waals surface area contributed by atoms with Gasteiger partial charge in [-0.3, -0.25) is 10.1 Å². The van der Waals surface area contributed by atoms with E-state index >= 15 is 0 Å². The van der Waals surface area contributed by atoms with Crippen LogP contribution < -0.4 is 5.32 Å². The Morgan fingerprint density at radius 1 is 1.43 bits per heavy atom. The molecule has 0 radical (unpaired) electrons. The Morgan fingerprint density at radius 2 is 2.19 bits per heavy atom. The topological polar surface area (TPSA) is 99.9 Å². The highest BCUT2D eigenvalue weighted by Gasteiger charge is 2.30. The van der Waals surface area contributed by atoms with Crippen molar-refractivity contribution in [2.45, 2.75) is 12.1 Å². The third kappa shape index (κ3) is 3.29. The predicted octanol–water partition coefficient (Wildman–Crippen LogP) is 1.21. The van der Waals surface area contributed by atoms with E-state index in [9.17, 15) is 14.9 Å². The van der Waals surface area contributed by atoms with Crippen molar-refractivity contribution in [1.29, 1.82) is 0 Å². The van der Waals surface area contributed by atoms with E-state index in [0.29, 0.717) is 13.2 Å². The number of nitrogens with zero attached hydrogens (tertiary/aromatic N) is 1. The fourth-order valence-electron chi connectivity index (χ4n) is 2.16. The second-order valence-corrected chi connectivity index (χ2v) is 4.54. The Balaban J connectivity index is 2.30. The van der Waals surface area contributed by atoms with Gasteiger partial charge in [0, 0.05) is 13.2 Å². The van der Waals surface area contributed by atoms with Gasteiger partial charge in [0.05, 0.1) is 36.9 Å². The highest BCUT2D eigenvalue weighted by Crippen LogP contribution is 2.28. The first kappa shape index (κ1) is 15.2. The van der Waals surface area contributed by atoms with Gasteiger partial charge in [0.2, 0.25) is 0 Å². The number of carbonyl (C=O) groups excluding carboxylic acids is 1. The lowest BCUT2D eigenvalue weighted by Crippen LogP contribution is -2.33. The maximum Gasteiger partial charge on any atom is 0.337 e. The van der Waals surface area contributed by atoms with Gasteiger partial charge in [0.15, 0.2) is 0 Å². The molecule has 2 rings (SSSR count). The molecule has 1 aromatic carbocycles. The summed E-state index contributed by atoms with van der Waals surface area (Å²) in [6.45, 7) is 0.788. The summed E-state index contributed by atoms with van der Waals surface area (Å²) in [5, 5.41) is 14.1. The zero-order valence-electron chi connectivity index (χ0n) is 11.7. The number of ether oxygens (including phenoxy) is 3. The molecular formula is C13H16N2O6. The molecule has 8 heteroatoms. The van der Waals surface area contributed by atoms with Crippen LogP contribution in [-0.2, 0) is 14.2 Å². The van der Waals surface area contributed by atoms with Crippen molar-refractivity contribution in [3.05, 3.63) is 33.9 Å². The van der Waals surface area contributed by atoms with Gasteiger partial charge >= 0.3 is 5.97 Å². The summed E-state index contributed by atoms with van der Waals surface area (Å²) >= 11 is 0. The number of nitro benzene ring substituents is 1. The van der Waals surface area contributed by atoms with Crippen LogP contribution in [0.5, 0.6) is 0 Å². The van der Waals surface area contributed by atoms with E-state index in [2.05, 4.69) is 10.1 Å². The third-order valence-electron chi connectivity index (χ3n) is 3.29. The Bertz CT molecular complexity index is 547. The second kappa shape index (κ2) is 6.51. The number of nitrogens with one attached hydrogen (secondary N) is 1. The lowest BCUT2D eigenvalue weighted by molar-refractivity contribution is -0.384. The maximum atomic E-state index is 11.5.